The third kappa shape index (κ3) is 6.21. The van der Waals surface area contributed by atoms with Crippen LogP contribution < -0.4 is 4.90 Å². The van der Waals surface area contributed by atoms with Crippen LogP contribution >= 0.6 is 0 Å². The molecule has 0 N–H and O–H groups in total. The van der Waals surface area contributed by atoms with Crippen LogP contribution in [0, 0.1) is 10.1 Å². The summed E-state index contributed by atoms with van der Waals surface area (Å²) in [6.07, 6.45) is 0. The minimum Gasteiger partial charge on any atom is -0.464 e. The molecule has 0 radical (unpaired) electrons. The fourth-order valence-corrected chi connectivity index (χ4v) is 1.77. The summed E-state index contributed by atoms with van der Waals surface area (Å²) in [5, 5.41) is 10.8. The standard InChI is InChI=1S/C14H18N2O6/c1-11(17)21-8-6-15(7-9-22-12(2)18)13-4-3-5-14(10-13)16(19)20/h3-5,10H,6-9H2,1-2H3. The van der Waals surface area contributed by atoms with Gasteiger partial charge in [-0.25, -0.2) is 0 Å². The number of esters is 2. The summed E-state index contributed by atoms with van der Waals surface area (Å²) in [6, 6.07) is 6.08. The predicted molar refractivity (Wildman–Crippen MR) is 78.6 cm³/mol. The van der Waals surface area contributed by atoms with Gasteiger partial charge < -0.3 is 14.4 Å². The van der Waals surface area contributed by atoms with E-state index in [1.54, 1.807) is 17.0 Å². The van der Waals surface area contributed by atoms with Crippen molar-refractivity contribution in [3.63, 3.8) is 0 Å². The molecule has 0 aliphatic heterocycles. The van der Waals surface area contributed by atoms with E-state index in [-0.39, 0.29) is 18.9 Å². The van der Waals surface area contributed by atoms with Crippen molar-refractivity contribution in [3.8, 4) is 0 Å². The Bertz CT molecular complexity index is 526. The zero-order valence-corrected chi connectivity index (χ0v) is 12.5. The van der Waals surface area contributed by atoms with Crippen LogP contribution in [0.5, 0.6) is 0 Å². The maximum Gasteiger partial charge on any atom is 0.302 e. The lowest BCUT2D eigenvalue weighted by atomic mass is 10.2. The second-order valence-electron chi connectivity index (χ2n) is 4.44. The van der Waals surface area contributed by atoms with Gasteiger partial charge in [0.1, 0.15) is 13.2 Å². The Labute approximate surface area is 127 Å². The van der Waals surface area contributed by atoms with Crippen molar-refractivity contribution >= 4 is 23.3 Å². The van der Waals surface area contributed by atoms with Gasteiger partial charge in [0.25, 0.3) is 5.69 Å². The lowest BCUT2D eigenvalue weighted by Crippen LogP contribution is -2.31. The Kier molecular flexibility index (Phi) is 6.81. The molecular formula is C14H18N2O6. The van der Waals surface area contributed by atoms with Crippen molar-refractivity contribution in [2.75, 3.05) is 31.2 Å². The first-order valence-electron chi connectivity index (χ1n) is 6.66. The Morgan fingerprint density at radius 1 is 1.14 bits per heavy atom. The van der Waals surface area contributed by atoms with Crippen molar-refractivity contribution in [1.82, 2.24) is 0 Å². The SMILES string of the molecule is CC(=O)OCCN(CCOC(C)=O)c1cccc([N+](=O)[O-])c1. The number of benzene rings is 1. The molecular weight excluding hydrogens is 292 g/mol. The van der Waals surface area contributed by atoms with Crippen LogP contribution in [-0.2, 0) is 19.1 Å². The van der Waals surface area contributed by atoms with Gasteiger partial charge in [0.05, 0.1) is 18.0 Å². The molecule has 0 aliphatic carbocycles. The molecule has 0 amide bonds. The average Bonchev–Trinajstić information content (AvgIpc) is 2.45. The smallest absolute Gasteiger partial charge is 0.302 e. The van der Waals surface area contributed by atoms with E-state index in [9.17, 15) is 19.7 Å². The van der Waals surface area contributed by atoms with Gasteiger partial charge >= 0.3 is 11.9 Å². The van der Waals surface area contributed by atoms with Gasteiger partial charge in [0.2, 0.25) is 0 Å². The summed E-state index contributed by atoms with van der Waals surface area (Å²) in [4.78, 5) is 33.7. The first-order valence-corrected chi connectivity index (χ1v) is 6.66. The number of rotatable bonds is 8. The van der Waals surface area contributed by atoms with E-state index < -0.39 is 16.9 Å². The monoisotopic (exact) mass is 310 g/mol. The maximum absolute atomic E-state index is 10.8. The highest BCUT2D eigenvalue weighted by atomic mass is 16.6. The van der Waals surface area contributed by atoms with Crippen molar-refractivity contribution in [2.45, 2.75) is 13.8 Å². The molecule has 0 heterocycles. The van der Waals surface area contributed by atoms with Gasteiger partial charge in [-0.05, 0) is 6.07 Å². The summed E-state index contributed by atoms with van der Waals surface area (Å²) in [7, 11) is 0. The molecule has 1 rings (SSSR count). The summed E-state index contributed by atoms with van der Waals surface area (Å²) in [6.45, 7) is 3.55. The maximum atomic E-state index is 10.8. The predicted octanol–water partition coefficient (Wildman–Crippen LogP) is 1.53. The molecule has 0 unspecified atom stereocenters. The molecule has 0 aliphatic rings. The molecule has 22 heavy (non-hydrogen) atoms. The van der Waals surface area contributed by atoms with Gasteiger partial charge in [-0.2, -0.15) is 0 Å². The van der Waals surface area contributed by atoms with Crippen LogP contribution in [-0.4, -0.2) is 43.2 Å². The van der Waals surface area contributed by atoms with Crippen LogP contribution in [0.1, 0.15) is 13.8 Å². The van der Waals surface area contributed by atoms with Gasteiger partial charge in [0.15, 0.2) is 0 Å². The van der Waals surface area contributed by atoms with Crippen molar-refractivity contribution in [1.29, 1.82) is 0 Å². The third-order valence-electron chi connectivity index (χ3n) is 2.74. The first-order chi connectivity index (χ1) is 10.4. The Morgan fingerprint density at radius 3 is 2.14 bits per heavy atom. The molecule has 0 saturated heterocycles. The highest BCUT2D eigenvalue weighted by Crippen LogP contribution is 2.20. The average molecular weight is 310 g/mol. The Hall–Kier alpha value is -2.64. The fraction of sp³-hybridized carbons (Fsp3) is 0.429. The van der Waals surface area contributed by atoms with Crippen molar-refractivity contribution in [3.05, 3.63) is 34.4 Å². The molecule has 120 valence electrons. The van der Waals surface area contributed by atoms with Crippen molar-refractivity contribution in [2.24, 2.45) is 0 Å². The summed E-state index contributed by atoms with van der Waals surface area (Å²) in [5.41, 5.74) is 0.552. The number of carbonyl (C=O) groups is 2. The second-order valence-corrected chi connectivity index (χ2v) is 4.44. The molecule has 1 aromatic rings. The summed E-state index contributed by atoms with van der Waals surface area (Å²) >= 11 is 0. The van der Waals surface area contributed by atoms with Gasteiger partial charge in [-0.15, -0.1) is 0 Å². The topological polar surface area (TPSA) is 99.0 Å². The Balaban J connectivity index is 2.78. The number of hydrogen-bond acceptors (Lipinski definition) is 7. The van der Waals surface area contributed by atoms with Gasteiger partial charge in [-0.3, -0.25) is 19.7 Å². The molecule has 0 spiro atoms. The molecule has 0 bridgehead atoms. The Morgan fingerprint density at radius 2 is 1.68 bits per heavy atom. The number of carbonyl (C=O) groups excluding carboxylic acids is 2. The lowest BCUT2D eigenvalue weighted by Gasteiger charge is -2.24. The zero-order valence-electron chi connectivity index (χ0n) is 12.5. The number of nitrogens with zero attached hydrogens (tertiary/aromatic N) is 2. The number of non-ortho nitro benzene ring substituents is 1. The number of hydrogen-bond donors (Lipinski definition) is 0. The highest BCUT2D eigenvalue weighted by Gasteiger charge is 2.12. The number of anilines is 1. The number of nitro groups is 1. The molecule has 0 saturated carbocycles. The van der Waals surface area contributed by atoms with Crippen LogP contribution in [0.25, 0.3) is 0 Å². The van der Waals surface area contributed by atoms with E-state index in [1.807, 2.05) is 0 Å². The largest absolute Gasteiger partial charge is 0.464 e. The summed E-state index contributed by atoms with van der Waals surface area (Å²) in [5.74, 6) is -0.807. The summed E-state index contributed by atoms with van der Waals surface area (Å²) < 4.78 is 9.75. The van der Waals surface area contributed by atoms with Crippen LogP contribution in [0.3, 0.4) is 0 Å². The second kappa shape index (κ2) is 8.60. The fourth-order valence-electron chi connectivity index (χ4n) is 1.77. The zero-order chi connectivity index (χ0) is 16.5. The number of ether oxygens (including phenoxy) is 2. The van der Waals surface area contributed by atoms with Gasteiger partial charge in [-0.1, -0.05) is 6.07 Å². The third-order valence-corrected chi connectivity index (χ3v) is 2.74. The van der Waals surface area contributed by atoms with E-state index in [4.69, 9.17) is 9.47 Å². The normalized spacial score (nSPS) is 9.91. The number of nitro benzene ring substituents is 1. The minimum atomic E-state index is -0.486. The molecule has 0 fully saturated rings. The lowest BCUT2D eigenvalue weighted by molar-refractivity contribution is -0.384. The molecule has 8 heteroatoms. The minimum absolute atomic E-state index is 0.0394. The van der Waals surface area contributed by atoms with E-state index in [2.05, 4.69) is 0 Å². The van der Waals surface area contributed by atoms with Crippen LogP contribution in [0.15, 0.2) is 24.3 Å². The quantitative estimate of drug-likeness (QED) is 0.408. The van der Waals surface area contributed by atoms with E-state index in [1.165, 1.54) is 26.0 Å². The van der Waals surface area contributed by atoms with Crippen molar-refractivity contribution < 1.29 is 24.0 Å². The van der Waals surface area contributed by atoms with E-state index in [0.29, 0.717) is 18.8 Å². The van der Waals surface area contributed by atoms with Crippen LogP contribution in [0.4, 0.5) is 11.4 Å². The molecule has 0 atom stereocenters. The van der Waals surface area contributed by atoms with Gasteiger partial charge in [0, 0.05) is 31.7 Å². The molecule has 8 nitrogen and oxygen atoms in total. The first kappa shape index (κ1) is 17.4. The highest BCUT2D eigenvalue weighted by molar-refractivity contribution is 5.66. The molecule has 1 aromatic carbocycles. The van der Waals surface area contributed by atoms with E-state index in [0.717, 1.165) is 0 Å². The van der Waals surface area contributed by atoms with E-state index >= 15 is 0 Å². The molecule has 0 aromatic heterocycles. The van der Waals surface area contributed by atoms with Crippen LogP contribution in [0.2, 0.25) is 0 Å².